The zero-order valence-corrected chi connectivity index (χ0v) is 11.1. The molecule has 2 heterocycles. The van der Waals surface area contributed by atoms with Gasteiger partial charge in [-0.25, -0.2) is 4.98 Å². The number of nitrogens with zero attached hydrogens (tertiary/aromatic N) is 3. The second kappa shape index (κ2) is 5.66. The van der Waals surface area contributed by atoms with Crippen molar-refractivity contribution < 1.29 is 4.79 Å². The molecule has 0 saturated heterocycles. The Kier molecular flexibility index (Phi) is 3.96. The minimum atomic E-state index is -0.280. The molecule has 7 nitrogen and oxygen atoms in total. The van der Waals surface area contributed by atoms with Crippen molar-refractivity contribution in [3.63, 3.8) is 0 Å². The molecule has 0 saturated carbocycles. The Balaban J connectivity index is 2.02. The third kappa shape index (κ3) is 3.19. The van der Waals surface area contributed by atoms with Gasteiger partial charge in [0.1, 0.15) is 5.69 Å². The number of amides is 1. The molecule has 0 bridgehead atoms. The van der Waals surface area contributed by atoms with Gasteiger partial charge in [0.2, 0.25) is 0 Å². The van der Waals surface area contributed by atoms with E-state index in [1.165, 1.54) is 0 Å². The molecule has 102 valence electrons. The maximum absolute atomic E-state index is 11.9. The Bertz CT molecular complexity index is 556. The van der Waals surface area contributed by atoms with Gasteiger partial charge in [-0.3, -0.25) is 9.89 Å². The highest BCUT2D eigenvalue weighted by Gasteiger charge is 2.12. The zero-order valence-electron chi connectivity index (χ0n) is 11.1. The van der Waals surface area contributed by atoms with Gasteiger partial charge in [0.15, 0.2) is 5.82 Å². The number of hydrogen-bond donors (Lipinski definition) is 3. The number of carbonyl (C=O) groups is 1. The summed E-state index contributed by atoms with van der Waals surface area (Å²) < 4.78 is 1.78. The van der Waals surface area contributed by atoms with Crippen molar-refractivity contribution >= 4 is 11.7 Å². The van der Waals surface area contributed by atoms with E-state index >= 15 is 0 Å². The van der Waals surface area contributed by atoms with E-state index in [1.807, 2.05) is 19.9 Å². The molecular formula is C12H18N6O. The molecule has 0 radical (unpaired) electrons. The molecule has 1 amide bonds. The summed E-state index contributed by atoms with van der Waals surface area (Å²) in [4.78, 5) is 16.0. The van der Waals surface area contributed by atoms with Gasteiger partial charge in [-0.05, 0) is 5.92 Å². The van der Waals surface area contributed by atoms with Crippen LogP contribution in [0.25, 0.3) is 0 Å². The Morgan fingerprint density at radius 3 is 3.00 bits per heavy atom. The van der Waals surface area contributed by atoms with Crippen LogP contribution in [0.5, 0.6) is 0 Å². The van der Waals surface area contributed by atoms with Crippen LogP contribution in [0.3, 0.4) is 0 Å². The van der Waals surface area contributed by atoms with Crippen molar-refractivity contribution in [1.82, 2.24) is 19.7 Å². The van der Waals surface area contributed by atoms with Crippen molar-refractivity contribution in [3.05, 3.63) is 30.0 Å². The molecule has 7 heteroatoms. The third-order valence-corrected chi connectivity index (χ3v) is 2.71. The molecule has 0 aromatic carbocycles. The van der Waals surface area contributed by atoms with E-state index in [4.69, 9.17) is 5.73 Å². The fourth-order valence-corrected chi connectivity index (χ4v) is 1.63. The number of carbonyl (C=O) groups excluding carboxylic acids is 1. The number of imidazole rings is 1. The maximum atomic E-state index is 11.9. The topological polar surface area (TPSA) is 102 Å². The van der Waals surface area contributed by atoms with Gasteiger partial charge in [-0.15, -0.1) is 0 Å². The second-order valence-corrected chi connectivity index (χ2v) is 4.60. The lowest BCUT2D eigenvalue weighted by Crippen LogP contribution is -2.13. The first-order valence-electron chi connectivity index (χ1n) is 6.18. The van der Waals surface area contributed by atoms with Gasteiger partial charge in [-0.1, -0.05) is 13.8 Å². The van der Waals surface area contributed by atoms with Crippen LogP contribution in [-0.4, -0.2) is 32.2 Å². The number of hydrogen-bond acceptors (Lipinski definition) is 4. The van der Waals surface area contributed by atoms with E-state index < -0.39 is 0 Å². The highest BCUT2D eigenvalue weighted by atomic mass is 16.2. The zero-order chi connectivity index (χ0) is 13.8. The predicted octanol–water partition coefficient (Wildman–Crippen LogP) is 0.941. The molecular weight excluding hydrogens is 244 g/mol. The Morgan fingerprint density at radius 2 is 2.37 bits per heavy atom. The molecule has 19 heavy (non-hydrogen) atoms. The summed E-state index contributed by atoms with van der Waals surface area (Å²) in [5.74, 6) is 0.557. The Morgan fingerprint density at radius 1 is 1.58 bits per heavy atom. The molecule has 0 atom stereocenters. The van der Waals surface area contributed by atoms with Crippen molar-refractivity contribution in [2.45, 2.75) is 26.3 Å². The summed E-state index contributed by atoms with van der Waals surface area (Å²) in [5, 5.41) is 9.62. The van der Waals surface area contributed by atoms with Gasteiger partial charge in [0, 0.05) is 31.0 Å². The highest BCUT2D eigenvalue weighted by molar-refractivity contribution is 6.02. The summed E-state index contributed by atoms with van der Waals surface area (Å²) in [6.45, 7) is 5.25. The minimum Gasteiger partial charge on any atom is -0.335 e. The number of anilines is 1. The van der Waals surface area contributed by atoms with E-state index in [2.05, 4.69) is 20.5 Å². The molecule has 0 aliphatic rings. The van der Waals surface area contributed by atoms with Crippen LogP contribution < -0.4 is 11.1 Å². The first kappa shape index (κ1) is 13.3. The van der Waals surface area contributed by atoms with Gasteiger partial charge in [0.25, 0.3) is 5.91 Å². The molecule has 2 rings (SSSR count). The van der Waals surface area contributed by atoms with E-state index in [1.54, 1.807) is 17.1 Å². The molecule has 0 fully saturated rings. The quantitative estimate of drug-likeness (QED) is 0.746. The van der Waals surface area contributed by atoms with Crippen molar-refractivity contribution in [2.24, 2.45) is 5.73 Å². The van der Waals surface area contributed by atoms with E-state index in [0.717, 1.165) is 5.69 Å². The number of aromatic nitrogens is 4. The van der Waals surface area contributed by atoms with E-state index in [-0.39, 0.29) is 5.91 Å². The van der Waals surface area contributed by atoms with Crippen LogP contribution in [0.2, 0.25) is 0 Å². The van der Waals surface area contributed by atoms with Crippen molar-refractivity contribution in [1.29, 1.82) is 0 Å². The molecule has 0 spiro atoms. The summed E-state index contributed by atoms with van der Waals surface area (Å²) in [7, 11) is 0. The third-order valence-electron chi connectivity index (χ3n) is 2.71. The molecule has 0 aliphatic carbocycles. The SMILES string of the molecule is CC(C)c1cc(NC(=O)c2cn(CCN)cn2)n[nH]1. The first-order chi connectivity index (χ1) is 9.10. The van der Waals surface area contributed by atoms with E-state index in [9.17, 15) is 4.79 Å². The average molecular weight is 262 g/mol. The number of nitrogens with two attached hydrogens (primary N) is 1. The number of aromatic amines is 1. The monoisotopic (exact) mass is 262 g/mol. The Labute approximate surface area is 111 Å². The van der Waals surface area contributed by atoms with Crippen LogP contribution >= 0.6 is 0 Å². The Hall–Kier alpha value is -2.15. The summed E-state index contributed by atoms with van der Waals surface area (Å²) >= 11 is 0. The highest BCUT2D eigenvalue weighted by Crippen LogP contribution is 2.15. The van der Waals surface area contributed by atoms with Crippen molar-refractivity contribution in [2.75, 3.05) is 11.9 Å². The first-order valence-corrected chi connectivity index (χ1v) is 6.18. The summed E-state index contributed by atoms with van der Waals surface area (Å²) in [6, 6.07) is 1.82. The lowest BCUT2D eigenvalue weighted by molar-refractivity contribution is 0.102. The minimum absolute atomic E-state index is 0.280. The largest absolute Gasteiger partial charge is 0.335 e. The summed E-state index contributed by atoms with van der Waals surface area (Å²) in [5.41, 5.74) is 6.76. The summed E-state index contributed by atoms with van der Waals surface area (Å²) in [6.07, 6.45) is 3.25. The van der Waals surface area contributed by atoms with E-state index in [0.29, 0.717) is 30.5 Å². The van der Waals surface area contributed by atoms with Crippen molar-refractivity contribution in [3.8, 4) is 0 Å². The van der Waals surface area contributed by atoms with Crippen LogP contribution in [0.15, 0.2) is 18.6 Å². The van der Waals surface area contributed by atoms with Gasteiger partial charge < -0.3 is 15.6 Å². The van der Waals surface area contributed by atoms with Gasteiger partial charge in [-0.2, -0.15) is 5.10 Å². The molecule has 2 aromatic heterocycles. The van der Waals surface area contributed by atoms with Crippen LogP contribution in [0.4, 0.5) is 5.82 Å². The average Bonchev–Trinajstić information content (AvgIpc) is 2.98. The molecule has 2 aromatic rings. The molecule has 0 aliphatic heterocycles. The standard InChI is InChI=1S/C12H18N6O/c1-8(2)9-5-11(17-16-9)15-12(19)10-6-18(4-3-13)7-14-10/h5-8H,3-4,13H2,1-2H3,(H2,15,16,17,19). The lowest BCUT2D eigenvalue weighted by Gasteiger charge is -1.98. The van der Waals surface area contributed by atoms with Gasteiger partial charge >= 0.3 is 0 Å². The smallest absolute Gasteiger partial charge is 0.277 e. The van der Waals surface area contributed by atoms with Gasteiger partial charge in [0.05, 0.1) is 6.33 Å². The fraction of sp³-hybridized carbons (Fsp3) is 0.417. The normalized spacial score (nSPS) is 10.9. The molecule has 0 unspecified atom stereocenters. The second-order valence-electron chi connectivity index (χ2n) is 4.60. The molecule has 4 N–H and O–H groups in total. The van der Waals surface area contributed by atoms with Crippen LogP contribution in [-0.2, 0) is 6.54 Å². The lowest BCUT2D eigenvalue weighted by atomic mass is 10.1. The number of H-pyrrole nitrogens is 1. The van der Waals surface area contributed by atoms with Crippen LogP contribution in [0.1, 0.15) is 35.9 Å². The number of rotatable bonds is 5. The maximum Gasteiger partial charge on any atom is 0.277 e. The fourth-order valence-electron chi connectivity index (χ4n) is 1.63. The predicted molar refractivity (Wildman–Crippen MR) is 71.9 cm³/mol. The number of nitrogens with one attached hydrogen (secondary N) is 2. The van der Waals surface area contributed by atoms with Crippen LogP contribution in [0, 0.1) is 0 Å².